The summed E-state index contributed by atoms with van der Waals surface area (Å²) in [5, 5.41) is 8.67. The molecule has 0 unspecified atom stereocenters. The molecule has 0 aliphatic carbocycles. The van der Waals surface area contributed by atoms with E-state index in [1.54, 1.807) is 12.1 Å². The van der Waals surface area contributed by atoms with E-state index in [1.165, 1.54) is 0 Å². The average Bonchev–Trinajstić information content (AvgIpc) is 2.41. The van der Waals surface area contributed by atoms with Crippen molar-refractivity contribution in [1.29, 1.82) is 5.26 Å². The van der Waals surface area contributed by atoms with Crippen LogP contribution in [0, 0.1) is 11.3 Å². The molecule has 1 aliphatic heterocycles. The third-order valence-corrected chi connectivity index (χ3v) is 2.76. The van der Waals surface area contributed by atoms with Gasteiger partial charge < -0.3 is 9.47 Å². The molecule has 1 heterocycles. The van der Waals surface area contributed by atoms with Crippen molar-refractivity contribution in [3.63, 3.8) is 0 Å². The topological polar surface area (TPSA) is 45.5 Å². The zero-order chi connectivity index (χ0) is 11.9. The van der Waals surface area contributed by atoms with Crippen LogP contribution in [-0.2, 0) is 4.74 Å². The second-order valence-corrected chi connectivity index (χ2v) is 3.94. The van der Waals surface area contributed by atoms with Crippen LogP contribution in [0.5, 0.6) is 5.75 Å². The lowest BCUT2D eigenvalue weighted by Gasteiger charge is -2.26. The number of nitrogens with zero attached hydrogens (tertiary/aromatic N) is 2. The van der Waals surface area contributed by atoms with Gasteiger partial charge in [0.15, 0.2) is 0 Å². The summed E-state index contributed by atoms with van der Waals surface area (Å²) in [5.74, 6) is 0.817. The molecular formula is C13H16N2O2. The predicted octanol–water partition coefficient (Wildman–Crippen LogP) is 1.27. The molecule has 0 spiro atoms. The third-order valence-electron chi connectivity index (χ3n) is 2.76. The van der Waals surface area contributed by atoms with E-state index in [0.29, 0.717) is 12.2 Å². The fourth-order valence-corrected chi connectivity index (χ4v) is 1.74. The first-order valence-electron chi connectivity index (χ1n) is 5.81. The number of benzene rings is 1. The second-order valence-electron chi connectivity index (χ2n) is 3.94. The van der Waals surface area contributed by atoms with Crippen molar-refractivity contribution in [2.24, 2.45) is 0 Å². The molecule has 2 rings (SSSR count). The number of rotatable bonds is 4. The molecule has 17 heavy (non-hydrogen) atoms. The lowest BCUT2D eigenvalue weighted by Crippen LogP contribution is -2.38. The Morgan fingerprint density at radius 1 is 1.24 bits per heavy atom. The van der Waals surface area contributed by atoms with Gasteiger partial charge in [-0.3, -0.25) is 4.90 Å². The van der Waals surface area contributed by atoms with Crippen molar-refractivity contribution >= 4 is 0 Å². The van der Waals surface area contributed by atoms with Crippen LogP contribution in [0.2, 0.25) is 0 Å². The molecule has 1 aliphatic rings. The first-order chi connectivity index (χ1) is 8.38. The SMILES string of the molecule is N#Cc1ccc(OCCN2CCOCC2)cc1. The number of morpholine rings is 1. The Morgan fingerprint density at radius 2 is 1.94 bits per heavy atom. The Bertz CT molecular complexity index is 377. The van der Waals surface area contributed by atoms with E-state index < -0.39 is 0 Å². The van der Waals surface area contributed by atoms with Gasteiger partial charge in [-0.15, -0.1) is 0 Å². The van der Waals surface area contributed by atoms with Crippen LogP contribution in [0.1, 0.15) is 5.56 Å². The molecule has 0 bridgehead atoms. The maximum absolute atomic E-state index is 8.67. The van der Waals surface area contributed by atoms with Gasteiger partial charge in [0, 0.05) is 19.6 Å². The van der Waals surface area contributed by atoms with Crippen molar-refractivity contribution in [3.8, 4) is 11.8 Å². The van der Waals surface area contributed by atoms with Crippen LogP contribution in [0.25, 0.3) is 0 Å². The summed E-state index contributed by atoms with van der Waals surface area (Å²) in [6, 6.07) is 9.28. The molecule has 4 heteroatoms. The molecule has 0 N–H and O–H groups in total. The summed E-state index contributed by atoms with van der Waals surface area (Å²) in [6.45, 7) is 5.19. The monoisotopic (exact) mass is 232 g/mol. The van der Waals surface area contributed by atoms with Crippen molar-refractivity contribution in [1.82, 2.24) is 4.90 Å². The van der Waals surface area contributed by atoms with Gasteiger partial charge >= 0.3 is 0 Å². The minimum atomic E-state index is 0.658. The molecule has 0 atom stereocenters. The molecule has 1 fully saturated rings. The average molecular weight is 232 g/mol. The second kappa shape index (κ2) is 6.24. The van der Waals surface area contributed by atoms with Crippen LogP contribution in [-0.4, -0.2) is 44.4 Å². The van der Waals surface area contributed by atoms with E-state index in [4.69, 9.17) is 14.7 Å². The van der Waals surface area contributed by atoms with Crippen molar-refractivity contribution in [3.05, 3.63) is 29.8 Å². The molecule has 90 valence electrons. The largest absolute Gasteiger partial charge is 0.492 e. The van der Waals surface area contributed by atoms with Crippen molar-refractivity contribution < 1.29 is 9.47 Å². The molecule has 0 aromatic heterocycles. The summed E-state index contributed by atoms with van der Waals surface area (Å²) in [5.41, 5.74) is 0.658. The normalized spacial score (nSPS) is 16.4. The Morgan fingerprint density at radius 3 is 2.59 bits per heavy atom. The number of ether oxygens (including phenoxy) is 2. The van der Waals surface area contributed by atoms with E-state index in [9.17, 15) is 0 Å². The molecule has 0 amide bonds. The van der Waals surface area contributed by atoms with Gasteiger partial charge in [-0.1, -0.05) is 0 Å². The highest BCUT2D eigenvalue weighted by molar-refractivity contribution is 5.34. The fraction of sp³-hybridized carbons (Fsp3) is 0.462. The third kappa shape index (κ3) is 3.74. The van der Waals surface area contributed by atoms with Crippen LogP contribution in [0.4, 0.5) is 0 Å². The molecule has 4 nitrogen and oxygen atoms in total. The highest BCUT2D eigenvalue weighted by Gasteiger charge is 2.09. The quantitative estimate of drug-likeness (QED) is 0.784. The van der Waals surface area contributed by atoms with Gasteiger partial charge in [0.1, 0.15) is 12.4 Å². The van der Waals surface area contributed by atoms with Gasteiger partial charge in [0.05, 0.1) is 24.8 Å². The zero-order valence-electron chi connectivity index (χ0n) is 9.76. The first-order valence-corrected chi connectivity index (χ1v) is 5.81. The minimum Gasteiger partial charge on any atom is -0.492 e. The van der Waals surface area contributed by atoms with Gasteiger partial charge in [0.25, 0.3) is 0 Å². The van der Waals surface area contributed by atoms with Crippen LogP contribution in [0.3, 0.4) is 0 Å². The van der Waals surface area contributed by atoms with Crippen molar-refractivity contribution in [2.75, 3.05) is 39.5 Å². The van der Waals surface area contributed by atoms with Gasteiger partial charge in [-0.2, -0.15) is 5.26 Å². The Labute approximate surface area is 101 Å². The van der Waals surface area contributed by atoms with Gasteiger partial charge in [-0.25, -0.2) is 0 Å². The minimum absolute atomic E-state index is 0.658. The zero-order valence-corrected chi connectivity index (χ0v) is 9.76. The summed E-state index contributed by atoms with van der Waals surface area (Å²) in [4.78, 5) is 2.33. The van der Waals surface area contributed by atoms with E-state index in [-0.39, 0.29) is 0 Å². The first kappa shape index (κ1) is 11.9. The summed E-state index contributed by atoms with van der Waals surface area (Å²) >= 11 is 0. The van der Waals surface area contributed by atoms with Gasteiger partial charge in [0.2, 0.25) is 0 Å². The Hall–Kier alpha value is -1.57. The van der Waals surface area contributed by atoms with Gasteiger partial charge in [-0.05, 0) is 24.3 Å². The fourth-order valence-electron chi connectivity index (χ4n) is 1.74. The highest BCUT2D eigenvalue weighted by atomic mass is 16.5. The number of nitriles is 1. The standard InChI is InChI=1S/C13H16N2O2/c14-11-12-1-3-13(4-2-12)17-10-7-15-5-8-16-9-6-15/h1-4H,5-10H2. The van der Waals surface area contributed by atoms with Crippen LogP contribution in [0.15, 0.2) is 24.3 Å². The molecule has 1 aromatic carbocycles. The van der Waals surface area contributed by atoms with E-state index in [1.807, 2.05) is 12.1 Å². The Kier molecular flexibility index (Phi) is 4.37. The predicted molar refractivity (Wildman–Crippen MR) is 63.9 cm³/mol. The lowest BCUT2D eigenvalue weighted by atomic mass is 10.2. The summed E-state index contributed by atoms with van der Waals surface area (Å²) in [7, 11) is 0. The Balaban J connectivity index is 1.72. The van der Waals surface area contributed by atoms with Crippen LogP contribution >= 0.6 is 0 Å². The number of hydrogen-bond donors (Lipinski definition) is 0. The molecular weight excluding hydrogens is 216 g/mol. The molecule has 0 saturated carbocycles. The van der Waals surface area contributed by atoms with E-state index in [0.717, 1.165) is 38.6 Å². The van der Waals surface area contributed by atoms with E-state index >= 15 is 0 Å². The van der Waals surface area contributed by atoms with Crippen LogP contribution < -0.4 is 4.74 Å². The smallest absolute Gasteiger partial charge is 0.119 e. The maximum Gasteiger partial charge on any atom is 0.119 e. The van der Waals surface area contributed by atoms with Crippen molar-refractivity contribution in [2.45, 2.75) is 0 Å². The summed E-state index contributed by atoms with van der Waals surface area (Å²) < 4.78 is 10.9. The lowest BCUT2D eigenvalue weighted by molar-refractivity contribution is 0.0322. The molecule has 1 aromatic rings. The highest BCUT2D eigenvalue weighted by Crippen LogP contribution is 2.11. The molecule has 1 saturated heterocycles. The number of hydrogen-bond acceptors (Lipinski definition) is 4. The molecule has 0 radical (unpaired) electrons. The van der Waals surface area contributed by atoms with E-state index in [2.05, 4.69) is 11.0 Å². The maximum atomic E-state index is 8.67. The summed E-state index contributed by atoms with van der Waals surface area (Å²) in [6.07, 6.45) is 0.